The highest BCUT2D eigenvalue weighted by Crippen LogP contribution is 2.20. The monoisotopic (exact) mass is 169 g/mol. The van der Waals surface area contributed by atoms with E-state index in [1.807, 2.05) is 18.2 Å². The third kappa shape index (κ3) is 2.21. The van der Waals surface area contributed by atoms with Crippen LogP contribution in [0, 0.1) is 0 Å². The van der Waals surface area contributed by atoms with Crippen LogP contribution in [0.25, 0.3) is 0 Å². The number of alkyl halides is 1. The highest BCUT2D eigenvalue weighted by atomic mass is 35.5. The fraction of sp³-hybridized carbons (Fsp3) is 0.333. The predicted molar refractivity (Wildman–Crippen MR) is 45.2 cm³/mol. The first kappa shape index (κ1) is 8.57. The largest absolute Gasteiger partial charge is 0.226 e. The van der Waals surface area contributed by atoms with Crippen molar-refractivity contribution in [3.63, 3.8) is 0 Å². The summed E-state index contributed by atoms with van der Waals surface area (Å²) in [6, 6.07) is 9.18. The van der Waals surface area contributed by atoms with Crippen LogP contribution in [0.1, 0.15) is 18.6 Å². The van der Waals surface area contributed by atoms with E-state index in [0.717, 1.165) is 5.56 Å². The number of hydrogen-bond acceptors (Lipinski definition) is 0. The molecule has 0 amide bonds. The minimum Gasteiger partial charge on any atom is -0.226 e. The molecule has 59 valence electrons. The van der Waals surface area contributed by atoms with Gasteiger partial charge < -0.3 is 0 Å². The Morgan fingerprint density at radius 2 is 1.82 bits per heavy atom. The van der Waals surface area contributed by atoms with Crippen LogP contribution >= 0.6 is 11.6 Å². The molecular formula is C9H10ClO. The zero-order valence-corrected chi connectivity index (χ0v) is 7.08. The number of hydrogen-bond donors (Lipinski definition) is 0. The summed E-state index contributed by atoms with van der Waals surface area (Å²) in [7, 11) is 0. The molecule has 0 aliphatic heterocycles. The molecule has 0 N–H and O–H groups in total. The molecule has 2 unspecified atom stereocenters. The van der Waals surface area contributed by atoms with Gasteiger partial charge in [-0.1, -0.05) is 30.3 Å². The van der Waals surface area contributed by atoms with E-state index in [0.29, 0.717) is 0 Å². The third-order valence-corrected chi connectivity index (χ3v) is 1.77. The average molecular weight is 170 g/mol. The Morgan fingerprint density at radius 3 is 2.27 bits per heavy atom. The summed E-state index contributed by atoms with van der Waals surface area (Å²) in [5, 5.41) is 10.9. The quantitative estimate of drug-likeness (QED) is 0.607. The van der Waals surface area contributed by atoms with Crippen molar-refractivity contribution in [3.8, 4) is 0 Å². The van der Waals surface area contributed by atoms with E-state index in [1.54, 1.807) is 19.1 Å². The molecule has 11 heavy (non-hydrogen) atoms. The molecule has 0 aliphatic rings. The van der Waals surface area contributed by atoms with Crippen LogP contribution in [-0.2, 0) is 5.11 Å². The zero-order chi connectivity index (χ0) is 8.27. The Labute approximate surface area is 71.6 Å². The van der Waals surface area contributed by atoms with Crippen LogP contribution in [0.5, 0.6) is 0 Å². The van der Waals surface area contributed by atoms with Gasteiger partial charge in [0, 0.05) is 0 Å². The fourth-order valence-electron chi connectivity index (χ4n) is 0.908. The molecule has 1 rings (SSSR count). The summed E-state index contributed by atoms with van der Waals surface area (Å²) in [4.78, 5) is 0. The van der Waals surface area contributed by atoms with Crippen LogP contribution in [-0.4, -0.2) is 5.38 Å². The van der Waals surface area contributed by atoms with E-state index in [2.05, 4.69) is 0 Å². The molecule has 2 atom stereocenters. The van der Waals surface area contributed by atoms with Crippen molar-refractivity contribution in [1.82, 2.24) is 0 Å². The Morgan fingerprint density at radius 1 is 1.27 bits per heavy atom. The first-order valence-corrected chi connectivity index (χ1v) is 4.00. The Hall–Kier alpha value is -0.530. The van der Waals surface area contributed by atoms with Gasteiger partial charge in [0.15, 0.2) is 0 Å². The van der Waals surface area contributed by atoms with Gasteiger partial charge in [-0.3, -0.25) is 0 Å². The topological polar surface area (TPSA) is 19.9 Å². The number of halogens is 1. The van der Waals surface area contributed by atoms with Crippen LogP contribution in [0.15, 0.2) is 30.3 Å². The van der Waals surface area contributed by atoms with Gasteiger partial charge in [-0.15, -0.1) is 11.6 Å². The van der Waals surface area contributed by atoms with Crippen LogP contribution in [0.2, 0.25) is 0 Å². The van der Waals surface area contributed by atoms with Crippen LogP contribution < -0.4 is 0 Å². The summed E-state index contributed by atoms with van der Waals surface area (Å²) in [5.74, 6) is 0. The normalized spacial score (nSPS) is 15.9. The molecule has 1 aromatic rings. The van der Waals surface area contributed by atoms with Gasteiger partial charge >= 0.3 is 0 Å². The molecule has 1 nitrogen and oxygen atoms in total. The van der Waals surface area contributed by atoms with Gasteiger partial charge in [-0.05, 0) is 12.5 Å². The van der Waals surface area contributed by atoms with Crippen molar-refractivity contribution in [2.24, 2.45) is 0 Å². The smallest absolute Gasteiger partial charge is 0.134 e. The molecule has 0 saturated heterocycles. The second kappa shape index (κ2) is 3.74. The third-order valence-electron chi connectivity index (χ3n) is 1.55. The van der Waals surface area contributed by atoms with Gasteiger partial charge in [-0.25, -0.2) is 5.11 Å². The van der Waals surface area contributed by atoms with Crippen molar-refractivity contribution >= 4 is 11.6 Å². The second-order valence-corrected chi connectivity index (χ2v) is 3.20. The molecule has 1 aromatic carbocycles. The maximum absolute atomic E-state index is 11.3. The number of benzene rings is 1. The molecule has 0 heterocycles. The molecule has 0 saturated carbocycles. The lowest BCUT2D eigenvalue weighted by Gasteiger charge is -2.09. The molecule has 0 aliphatic carbocycles. The van der Waals surface area contributed by atoms with Gasteiger partial charge in [0.2, 0.25) is 0 Å². The average Bonchev–Trinajstić information content (AvgIpc) is 2.05. The number of rotatable bonds is 2. The summed E-state index contributed by atoms with van der Waals surface area (Å²) < 4.78 is 0. The molecule has 0 aromatic heterocycles. The lowest BCUT2D eigenvalue weighted by molar-refractivity contribution is 0.0888. The van der Waals surface area contributed by atoms with Crippen molar-refractivity contribution in [2.45, 2.75) is 18.4 Å². The Bertz CT molecular complexity index is 208. The first-order chi connectivity index (χ1) is 5.22. The second-order valence-electron chi connectivity index (χ2n) is 2.51. The molecule has 0 fully saturated rings. The summed E-state index contributed by atoms with van der Waals surface area (Å²) in [6.07, 6.45) is -0.808. The van der Waals surface area contributed by atoms with Crippen molar-refractivity contribution in [1.29, 1.82) is 0 Å². The zero-order valence-electron chi connectivity index (χ0n) is 6.33. The fourth-order valence-corrected chi connectivity index (χ4v) is 1.05. The minimum absolute atomic E-state index is 0.350. The van der Waals surface area contributed by atoms with E-state index in [9.17, 15) is 5.11 Å². The molecular weight excluding hydrogens is 160 g/mol. The van der Waals surface area contributed by atoms with Gasteiger partial charge in [0.1, 0.15) is 6.10 Å². The van der Waals surface area contributed by atoms with Crippen LogP contribution in [0.3, 0.4) is 0 Å². The summed E-state index contributed by atoms with van der Waals surface area (Å²) in [5.41, 5.74) is 0.759. The maximum atomic E-state index is 11.3. The highest BCUT2D eigenvalue weighted by molar-refractivity contribution is 6.20. The molecule has 0 spiro atoms. The van der Waals surface area contributed by atoms with E-state index in [4.69, 9.17) is 11.6 Å². The van der Waals surface area contributed by atoms with Crippen molar-refractivity contribution in [3.05, 3.63) is 35.9 Å². The lowest BCUT2D eigenvalue weighted by Crippen LogP contribution is -2.05. The maximum Gasteiger partial charge on any atom is 0.134 e. The Kier molecular flexibility index (Phi) is 2.92. The van der Waals surface area contributed by atoms with E-state index in [1.165, 1.54) is 0 Å². The molecule has 2 heteroatoms. The van der Waals surface area contributed by atoms with Crippen molar-refractivity contribution in [2.75, 3.05) is 0 Å². The summed E-state index contributed by atoms with van der Waals surface area (Å²) >= 11 is 5.65. The van der Waals surface area contributed by atoms with Crippen molar-refractivity contribution < 1.29 is 5.11 Å². The lowest BCUT2D eigenvalue weighted by atomic mass is 10.1. The van der Waals surface area contributed by atoms with E-state index >= 15 is 0 Å². The van der Waals surface area contributed by atoms with Crippen LogP contribution in [0.4, 0.5) is 0 Å². The highest BCUT2D eigenvalue weighted by Gasteiger charge is 2.14. The summed E-state index contributed by atoms with van der Waals surface area (Å²) in [6.45, 7) is 1.71. The Balaban J connectivity index is 2.77. The van der Waals surface area contributed by atoms with Gasteiger partial charge in [-0.2, -0.15) is 0 Å². The van der Waals surface area contributed by atoms with Gasteiger partial charge in [0.25, 0.3) is 0 Å². The van der Waals surface area contributed by atoms with E-state index < -0.39 is 6.10 Å². The minimum atomic E-state index is -0.808. The molecule has 0 bridgehead atoms. The molecule has 1 radical (unpaired) electrons. The predicted octanol–water partition coefficient (Wildman–Crippen LogP) is 2.79. The van der Waals surface area contributed by atoms with Gasteiger partial charge in [0.05, 0.1) is 5.38 Å². The first-order valence-electron chi connectivity index (χ1n) is 3.56. The SMILES string of the molecule is CC(Cl)C([O])c1ccccc1. The standard InChI is InChI=1S/C9H10ClO/c1-7(10)9(11)8-5-3-2-4-6-8/h2-7,9H,1H3. The van der Waals surface area contributed by atoms with E-state index in [-0.39, 0.29) is 5.38 Å².